The molecule has 3 aromatic carbocycles. The number of hydrogen-bond acceptors (Lipinski definition) is 6. The van der Waals surface area contributed by atoms with Gasteiger partial charge in [-0.25, -0.2) is 9.97 Å². The fraction of sp³-hybridized carbons (Fsp3) is 0.0333. The maximum absolute atomic E-state index is 13.0. The van der Waals surface area contributed by atoms with Crippen LogP contribution in [0.25, 0.3) is 44.3 Å². The molecule has 0 bridgehead atoms. The van der Waals surface area contributed by atoms with Crippen LogP contribution < -0.4 is 5.32 Å². The van der Waals surface area contributed by atoms with Gasteiger partial charge in [0.05, 0.1) is 23.6 Å². The second-order valence-electron chi connectivity index (χ2n) is 9.33. The van der Waals surface area contributed by atoms with E-state index in [1.807, 2.05) is 79.0 Å². The molecule has 0 unspecified atom stereocenters. The van der Waals surface area contributed by atoms with Gasteiger partial charge in [-0.1, -0.05) is 36.4 Å². The molecule has 0 saturated carbocycles. The van der Waals surface area contributed by atoms with Gasteiger partial charge in [0.2, 0.25) is 0 Å². The molecule has 0 amide bonds. The number of nitrogens with one attached hydrogen (secondary N) is 4. The second-order valence-corrected chi connectivity index (χ2v) is 9.33. The molecule has 0 aliphatic heterocycles. The van der Waals surface area contributed by atoms with E-state index in [1.165, 1.54) is 0 Å². The molecule has 0 radical (unpaired) electrons. The second kappa shape index (κ2) is 9.38. The number of nitrogens with zero attached hydrogens (tertiary/aromatic N) is 4. The summed E-state index contributed by atoms with van der Waals surface area (Å²) in [6, 6.07) is 23.6. The Morgan fingerprint density at radius 3 is 2.56 bits per heavy atom. The fourth-order valence-electron chi connectivity index (χ4n) is 4.66. The van der Waals surface area contributed by atoms with E-state index >= 15 is 0 Å². The molecule has 9 nitrogen and oxygen atoms in total. The molecule has 0 aliphatic carbocycles. The third-order valence-corrected chi connectivity index (χ3v) is 6.70. The zero-order chi connectivity index (χ0) is 26.2. The van der Waals surface area contributed by atoms with Crippen molar-refractivity contribution in [2.24, 2.45) is 0 Å². The van der Waals surface area contributed by atoms with Crippen LogP contribution in [0, 0.1) is 0 Å². The third-order valence-electron chi connectivity index (χ3n) is 6.70. The number of hydrogen-bond donors (Lipinski definition) is 4. The molecule has 4 N–H and O–H groups in total. The van der Waals surface area contributed by atoms with Gasteiger partial charge in [-0.2, -0.15) is 10.2 Å². The van der Waals surface area contributed by atoms with Crippen molar-refractivity contribution in [3.63, 3.8) is 0 Å². The SMILES string of the molecule is O=C(Cc1ccc(-c2cn[nH]c2)cc1)c1cc2ccc(-c3nccc(Nc4ccc5[nH]ncc5c4)n3)cc2[nH]1. The molecule has 7 rings (SSSR count). The lowest BCUT2D eigenvalue weighted by molar-refractivity contribution is 0.0989. The molecule has 0 fully saturated rings. The summed E-state index contributed by atoms with van der Waals surface area (Å²) >= 11 is 0. The molecule has 0 atom stereocenters. The molecule has 4 aromatic heterocycles. The van der Waals surface area contributed by atoms with Gasteiger partial charge in [-0.3, -0.25) is 15.0 Å². The number of benzene rings is 3. The molecule has 0 spiro atoms. The summed E-state index contributed by atoms with van der Waals surface area (Å²) in [5.41, 5.74) is 7.20. The van der Waals surface area contributed by atoms with Crippen molar-refractivity contribution in [3.8, 4) is 22.5 Å². The van der Waals surface area contributed by atoms with Crippen LogP contribution in [0.4, 0.5) is 11.5 Å². The molecule has 39 heavy (non-hydrogen) atoms. The molecule has 7 aromatic rings. The van der Waals surface area contributed by atoms with Crippen molar-refractivity contribution >= 4 is 39.1 Å². The van der Waals surface area contributed by atoms with E-state index in [4.69, 9.17) is 4.98 Å². The average Bonchev–Trinajstić information content (AvgIpc) is 3.74. The Balaban J connectivity index is 1.09. The molecular weight excluding hydrogens is 488 g/mol. The van der Waals surface area contributed by atoms with Gasteiger partial charge in [-0.05, 0) is 47.5 Å². The number of aromatic amines is 3. The predicted octanol–water partition coefficient (Wildman–Crippen LogP) is 6.06. The Morgan fingerprint density at radius 2 is 1.69 bits per heavy atom. The number of carbonyl (C=O) groups excluding carboxylic acids is 1. The Kier molecular flexibility index (Phi) is 5.44. The normalized spacial score (nSPS) is 11.3. The number of carbonyl (C=O) groups is 1. The first-order chi connectivity index (χ1) is 19.2. The lowest BCUT2D eigenvalue weighted by Crippen LogP contribution is -2.03. The Labute approximate surface area is 222 Å². The highest BCUT2D eigenvalue weighted by molar-refractivity contribution is 6.01. The lowest BCUT2D eigenvalue weighted by atomic mass is 10.0. The largest absolute Gasteiger partial charge is 0.352 e. The number of ketones is 1. The molecule has 4 heterocycles. The van der Waals surface area contributed by atoms with Gasteiger partial charge < -0.3 is 10.3 Å². The minimum Gasteiger partial charge on any atom is -0.352 e. The number of rotatable bonds is 7. The van der Waals surface area contributed by atoms with Gasteiger partial charge in [0, 0.05) is 51.9 Å². The van der Waals surface area contributed by atoms with Crippen molar-refractivity contribution in [3.05, 3.63) is 109 Å². The highest BCUT2D eigenvalue weighted by Crippen LogP contribution is 2.26. The summed E-state index contributed by atoms with van der Waals surface area (Å²) < 4.78 is 0. The van der Waals surface area contributed by atoms with E-state index in [0.29, 0.717) is 23.8 Å². The number of fused-ring (bicyclic) bond motifs is 2. The molecule has 0 aliphatic rings. The van der Waals surface area contributed by atoms with Crippen molar-refractivity contribution in [2.45, 2.75) is 6.42 Å². The fourth-order valence-corrected chi connectivity index (χ4v) is 4.66. The van der Waals surface area contributed by atoms with Crippen molar-refractivity contribution < 1.29 is 4.79 Å². The van der Waals surface area contributed by atoms with Crippen LogP contribution in [0.15, 0.2) is 97.6 Å². The summed E-state index contributed by atoms with van der Waals surface area (Å²) in [6.07, 6.45) is 7.45. The summed E-state index contributed by atoms with van der Waals surface area (Å²) in [5.74, 6) is 1.30. The summed E-state index contributed by atoms with van der Waals surface area (Å²) in [4.78, 5) is 25.5. The zero-order valence-electron chi connectivity index (χ0n) is 20.6. The first-order valence-corrected chi connectivity index (χ1v) is 12.5. The van der Waals surface area contributed by atoms with Crippen molar-refractivity contribution in [1.82, 2.24) is 35.3 Å². The third kappa shape index (κ3) is 4.53. The van der Waals surface area contributed by atoms with Crippen LogP contribution in [0.3, 0.4) is 0 Å². The van der Waals surface area contributed by atoms with Gasteiger partial charge in [0.1, 0.15) is 5.82 Å². The molecular formula is C30H22N8O. The summed E-state index contributed by atoms with van der Waals surface area (Å²) in [7, 11) is 0. The highest BCUT2D eigenvalue weighted by atomic mass is 16.1. The maximum atomic E-state index is 13.0. The smallest absolute Gasteiger partial charge is 0.183 e. The minimum atomic E-state index is 0.0286. The quantitative estimate of drug-likeness (QED) is 0.193. The van der Waals surface area contributed by atoms with E-state index in [0.717, 1.165) is 49.7 Å². The highest BCUT2D eigenvalue weighted by Gasteiger charge is 2.13. The zero-order valence-corrected chi connectivity index (χ0v) is 20.6. The molecule has 9 heteroatoms. The standard InChI is InChI=1S/C30H22N8O/c39-28(11-18-1-3-19(4-2-18)23-16-32-33-17-23)27-13-20-5-6-21(14-26(20)36-27)30-31-10-9-29(37-30)35-24-7-8-25-22(12-24)15-34-38-25/h1-10,12-17,36H,11H2,(H,32,33)(H,34,38)(H,31,35,37). The minimum absolute atomic E-state index is 0.0286. The number of H-pyrrole nitrogens is 3. The predicted molar refractivity (Wildman–Crippen MR) is 151 cm³/mol. The van der Waals surface area contributed by atoms with Crippen molar-refractivity contribution in [1.29, 1.82) is 0 Å². The number of aromatic nitrogens is 7. The summed E-state index contributed by atoms with van der Waals surface area (Å²) in [6.45, 7) is 0. The van der Waals surface area contributed by atoms with Crippen LogP contribution in [0.1, 0.15) is 16.1 Å². The lowest BCUT2D eigenvalue weighted by Gasteiger charge is -2.07. The number of anilines is 2. The van der Waals surface area contributed by atoms with Gasteiger partial charge in [0.15, 0.2) is 11.6 Å². The summed E-state index contributed by atoms with van der Waals surface area (Å²) in [5, 5.41) is 19.1. The van der Waals surface area contributed by atoms with Crippen LogP contribution in [-0.4, -0.2) is 41.1 Å². The van der Waals surface area contributed by atoms with Crippen LogP contribution in [-0.2, 0) is 6.42 Å². The van der Waals surface area contributed by atoms with E-state index in [1.54, 1.807) is 18.6 Å². The van der Waals surface area contributed by atoms with Crippen LogP contribution in [0.5, 0.6) is 0 Å². The van der Waals surface area contributed by atoms with E-state index in [2.05, 4.69) is 35.7 Å². The maximum Gasteiger partial charge on any atom is 0.183 e. The topological polar surface area (TPSA) is 128 Å². The van der Waals surface area contributed by atoms with E-state index in [-0.39, 0.29) is 5.78 Å². The van der Waals surface area contributed by atoms with Gasteiger partial charge in [-0.15, -0.1) is 0 Å². The Morgan fingerprint density at radius 1 is 0.795 bits per heavy atom. The van der Waals surface area contributed by atoms with Crippen LogP contribution in [0.2, 0.25) is 0 Å². The van der Waals surface area contributed by atoms with Crippen LogP contribution >= 0.6 is 0 Å². The van der Waals surface area contributed by atoms with Gasteiger partial charge in [0.25, 0.3) is 0 Å². The average molecular weight is 511 g/mol. The first kappa shape index (κ1) is 22.6. The Bertz CT molecular complexity index is 1930. The van der Waals surface area contributed by atoms with E-state index in [9.17, 15) is 4.79 Å². The van der Waals surface area contributed by atoms with Gasteiger partial charge >= 0.3 is 0 Å². The Hall–Kier alpha value is -5.57. The molecule has 188 valence electrons. The first-order valence-electron chi connectivity index (χ1n) is 12.5. The molecule has 0 saturated heterocycles. The van der Waals surface area contributed by atoms with Crippen molar-refractivity contribution in [2.75, 3.05) is 5.32 Å². The monoisotopic (exact) mass is 510 g/mol. The number of Topliss-reactive ketones (excluding diaryl/α,β-unsaturated/α-hetero) is 1. The van der Waals surface area contributed by atoms with E-state index < -0.39 is 0 Å².